The summed E-state index contributed by atoms with van der Waals surface area (Å²) in [4.78, 5) is 0. The zero-order chi connectivity index (χ0) is 12.4. The maximum atomic E-state index is 10.1. The van der Waals surface area contributed by atoms with Crippen LogP contribution in [0.3, 0.4) is 0 Å². The first-order valence-corrected chi connectivity index (χ1v) is 5.52. The van der Waals surface area contributed by atoms with Gasteiger partial charge in [-0.15, -0.1) is 0 Å². The molecule has 0 saturated heterocycles. The van der Waals surface area contributed by atoms with E-state index in [1.165, 1.54) is 0 Å². The van der Waals surface area contributed by atoms with E-state index in [0.717, 1.165) is 16.8 Å². The zero-order valence-electron chi connectivity index (χ0n) is 9.96. The molecule has 4 heteroatoms. The Morgan fingerprint density at radius 2 is 1.94 bits per heavy atom. The van der Waals surface area contributed by atoms with Crippen LogP contribution in [0.5, 0.6) is 5.75 Å². The summed E-state index contributed by atoms with van der Waals surface area (Å²) >= 11 is 0. The average molecular weight is 232 g/mol. The van der Waals surface area contributed by atoms with Crippen molar-refractivity contribution < 1.29 is 10.2 Å². The van der Waals surface area contributed by atoms with E-state index in [1.54, 1.807) is 23.0 Å². The van der Waals surface area contributed by atoms with Gasteiger partial charge in [-0.25, -0.2) is 0 Å². The Hall–Kier alpha value is -1.81. The highest BCUT2D eigenvalue weighted by Crippen LogP contribution is 2.21. The van der Waals surface area contributed by atoms with E-state index in [2.05, 4.69) is 5.10 Å². The minimum Gasteiger partial charge on any atom is -0.508 e. The molecule has 1 unspecified atom stereocenters. The van der Waals surface area contributed by atoms with Gasteiger partial charge in [0.05, 0.1) is 12.3 Å². The summed E-state index contributed by atoms with van der Waals surface area (Å²) in [5.41, 5.74) is 2.80. The number of rotatable bonds is 3. The second-order valence-electron chi connectivity index (χ2n) is 4.20. The minimum absolute atomic E-state index is 0.237. The highest BCUT2D eigenvalue weighted by molar-refractivity contribution is 5.28. The first-order valence-electron chi connectivity index (χ1n) is 5.52. The van der Waals surface area contributed by atoms with E-state index in [-0.39, 0.29) is 5.75 Å². The van der Waals surface area contributed by atoms with Crippen LogP contribution >= 0.6 is 0 Å². The SMILES string of the molecule is Cc1c(C(O)Cc2ccc(O)cc2)cnn1C. The average Bonchev–Trinajstić information content (AvgIpc) is 2.63. The van der Waals surface area contributed by atoms with Gasteiger partial charge in [-0.3, -0.25) is 4.68 Å². The van der Waals surface area contributed by atoms with Crippen LogP contribution < -0.4 is 0 Å². The molecule has 0 aliphatic heterocycles. The molecule has 1 aromatic carbocycles. The largest absolute Gasteiger partial charge is 0.508 e. The predicted molar refractivity (Wildman–Crippen MR) is 64.7 cm³/mol. The molecule has 2 N–H and O–H groups in total. The number of benzene rings is 1. The van der Waals surface area contributed by atoms with Crippen LogP contribution in [0.1, 0.15) is 22.9 Å². The standard InChI is InChI=1S/C13H16N2O2/c1-9-12(8-14-15(9)2)13(17)7-10-3-5-11(16)6-4-10/h3-6,8,13,16-17H,7H2,1-2H3. The number of phenols is 1. The lowest BCUT2D eigenvalue weighted by Crippen LogP contribution is -2.03. The Bertz CT molecular complexity index is 503. The predicted octanol–water partition coefficient (Wildman–Crippen LogP) is 1.71. The lowest BCUT2D eigenvalue weighted by molar-refractivity contribution is 0.177. The maximum absolute atomic E-state index is 10.1. The summed E-state index contributed by atoms with van der Waals surface area (Å²) in [6.07, 6.45) is 1.65. The summed E-state index contributed by atoms with van der Waals surface area (Å²) in [5.74, 6) is 0.237. The van der Waals surface area contributed by atoms with Crippen molar-refractivity contribution in [1.82, 2.24) is 9.78 Å². The molecule has 0 spiro atoms. The Labute approximate surface area is 100 Å². The van der Waals surface area contributed by atoms with Gasteiger partial charge in [0.2, 0.25) is 0 Å². The molecular weight excluding hydrogens is 216 g/mol. The Balaban J connectivity index is 2.14. The second kappa shape index (κ2) is 4.59. The van der Waals surface area contributed by atoms with Crippen molar-refractivity contribution in [2.45, 2.75) is 19.4 Å². The molecule has 90 valence electrons. The Kier molecular flexibility index (Phi) is 3.15. The fourth-order valence-corrected chi connectivity index (χ4v) is 1.81. The Morgan fingerprint density at radius 3 is 2.47 bits per heavy atom. The number of aromatic hydroxyl groups is 1. The number of phenolic OH excluding ortho intramolecular Hbond substituents is 1. The molecule has 17 heavy (non-hydrogen) atoms. The van der Waals surface area contributed by atoms with Crippen LogP contribution in [0, 0.1) is 6.92 Å². The summed E-state index contributed by atoms with van der Waals surface area (Å²) in [7, 11) is 1.85. The van der Waals surface area contributed by atoms with Crippen LogP contribution in [-0.4, -0.2) is 20.0 Å². The molecule has 2 rings (SSSR count). The Morgan fingerprint density at radius 1 is 1.29 bits per heavy atom. The maximum Gasteiger partial charge on any atom is 0.115 e. The number of aromatic nitrogens is 2. The normalized spacial score (nSPS) is 12.6. The fraction of sp³-hybridized carbons (Fsp3) is 0.308. The van der Waals surface area contributed by atoms with Gasteiger partial charge in [0.25, 0.3) is 0 Å². The molecular formula is C13H16N2O2. The van der Waals surface area contributed by atoms with E-state index in [9.17, 15) is 10.2 Å². The van der Waals surface area contributed by atoms with Gasteiger partial charge in [0.15, 0.2) is 0 Å². The molecule has 0 amide bonds. The first-order chi connectivity index (χ1) is 8.08. The molecule has 2 aromatic rings. The van der Waals surface area contributed by atoms with Gasteiger partial charge in [-0.05, 0) is 24.6 Å². The van der Waals surface area contributed by atoms with Gasteiger partial charge in [0, 0.05) is 24.7 Å². The number of aliphatic hydroxyl groups excluding tert-OH is 1. The molecule has 0 radical (unpaired) electrons. The fourth-order valence-electron chi connectivity index (χ4n) is 1.81. The minimum atomic E-state index is -0.562. The molecule has 0 aliphatic carbocycles. The van der Waals surface area contributed by atoms with E-state index in [4.69, 9.17) is 0 Å². The van der Waals surface area contributed by atoms with E-state index < -0.39 is 6.10 Å². The van der Waals surface area contributed by atoms with Crippen molar-refractivity contribution in [2.75, 3.05) is 0 Å². The monoisotopic (exact) mass is 232 g/mol. The smallest absolute Gasteiger partial charge is 0.115 e. The number of nitrogens with zero attached hydrogens (tertiary/aromatic N) is 2. The summed E-state index contributed by atoms with van der Waals surface area (Å²) in [6, 6.07) is 6.87. The molecule has 1 atom stereocenters. The van der Waals surface area contributed by atoms with Gasteiger partial charge in [-0.1, -0.05) is 12.1 Å². The molecule has 0 bridgehead atoms. The van der Waals surface area contributed by atoms with Crippen LogP contribution in [0.4, 0.5) is 0 Å². The molecule has 0 saturated carbocycles. The zero-order valence-corrected chi connectivity index (χ0v) is 9.96. The molecule has 0 fully saturated rings. The quantitative estimate of drug-likeness (QED) is 0.847. The first kappa shape index (κ1) is 11.7. The highest BCUT2D eigenvalue weighted by Gasteiger charge is 2.14. The van der Waals surface area contributed by atoms with Crippen molar-refractivity contribution in [3.05, 3.63) is 47.3 Å². The third-order valence-electron chi connectivity index (χ3n) is 3.00. The van der Waals surface area contributed by atoms with Crippen LogP contribution in [0.2, 0.25) is 0 Å². The van der Waals surface area contributed by atoms with Gasteiger partial charge in [-0.2, -0.15) is 5.10 Å². The number of aliphatic hydroxyl groups is 1. The molecule has 1 heterocycles. The molecule has 1 aromatic heterocycles. The topological polar surface area (TPSA) is 58.3 Å². The summed E-state index contributed by atoms with van der Waals surface area (Å²) in [5, 5.41) is 23.4. The lowest BCUT2D eigenvalue weighted by Gasteiger charge is -2.10. The highest BCUT2D eigenvalue weighted by atomic mass is 16.3. The van der Waals surface area contributed by atoms with E-state index in [1.807, 2.05) is 26.1 Å². The summed E-state index contributed by atoms with van der Waals surface area (Å²) in [6.45, 7) is 1.93. The third-order valence-corrected chi connectivity index (χ3v) is 3.00. The van der Waals surface area contributed by atoms with Crippen molar-refractivity contribution in [1.29, 1.82) is 0 Å². The second-order valence-corrected chi connectivity index (χ2v) is 4.20. The number of aryl methyl sites for hydroxylation is 1. The summed E-state index contributed by atoms with van der Waals surface area (Å²) < 4.78 is 1.75. The lowest BCUT2D eigenvalue weighted by atomic mass is 10.0. The molecule has 0 aliphatic rings. The van der Waals surface area contributed by atoms with Crippen molar-refractivity contribution >= 4 is 0 Å². The van der Waals surface area contributed by atoms with Crippen molar-refractivity contribution in [3.63, 3.8) is 0 Å². The van der Waals surface area contributed by atoms with Crippen molar-refractivity contribution in [3.8, 4) is 5.75 Å². The van der Waals surface area contributed by atoms with Gasteiger partial charge >= 0.3 is 0 Å². The van der Waals surface area contributed by atoms with Crippen molar-refractivity contribution in [2.24, 2.45) is 7.05 Å². The third kappa shape index (κ3) is 2.47. The number of hydrogen-bond donors (Lipinski definition) is 2. The van der Waals surface area contributed by atoms with E-state index >= 15 is 0 Å². The van der Waals surface area contributed by atoms with E-state index in [0.29, 0.717) is 6.42 Å². The van der Waals surface area contributed by atoms with Gasteiger partial charge in [0.1, 0.15) is 5.75 Å². The van der Waals surface area contributed by atoms with Crippen LogP contribution in [0.25, 0.3) is 0 Å². The van der Waals surface area contributed by atoms with Crippen LogP contribution in [-0.2, 0) is 13.5 Å². The molecule has 4 nitrogen and oxygen atoms in total. The van der Waals surface area contributed by atoms with Gasteiger partial charge < -0.3 is 10.2 Å². The number of hydrogen-bond acceptors (Lipinski definition) is 3. The van der Waals surface area contributed by atoms with Crippen LogP contribution in [0.15, 0.2) is 30.5 Å².